The first-order valence-corrected chi connectivity index (χ1v) is 8.80. The molecule has 0 aromatic carbocycles. The third-order valence-corrected chi connectivity index (χ3v) is 4.39. The number of likely N-dealkylation sites (tertiary alicyclic amines) is 1. The lowest BCUT2D eigenvalue weighted by Gasteiger charge is -2.34. The van der Waals surface area contributed by atoms with E-state index in [1.807, 2.05) is 30.1 Å². The molecule has 1 aliphatic rings. The number of aliphatic imine (C=N–C) groups is 1. The minimum Gasteiger partial charge on any atom is -0.378 e. The quantitative estimate of drug-likeness (QED) is 0.413. The summed E-state index contributed by atoms with van der Waals surface area (Å²) in [4.78, 5) is 15.2. The number of ether oxygens (including phenoxy) is 1. The van der Waals surface area contributed by atoms with E-state index in [0.717, 1.165) is 49.9 Å². The summed E-state index contributed by atoms with van der Waals surface area (Å²) in [6.45, 7) is 5.50. The maximum absolute atomic E-state index is 5.72. The van der Waals surface area contributed by atoms with Gasteiger partial charge in [0.1, 0.15) is 12.1 Å². The minimum atomic E-state index is 0. The largest absolute Gasteiger partial charge is 0.378 e. The zero-order chi connectivity index (χ0) is 17.5. The molecule has 3 rings (SSSR count). The number of piperidine rings is 1. The monoisotopic (exact) mass is 470 g/mol. The molecule has 3 heterocycles. The van der Waals surface area contributed by atoms with Gasteiger partial charge in [0.25, 0.3) is 0 Å². The molecule has 2 aromatic rings. The van der Waals surface area contributed by atoms with Crippen molar-refractivity contribution in [1.82, 2.24) is 24.8 Å². The van der Waals surface area contributed by atoms with Crippen LogP contribution in [0.3, 0.4) is 0 Å². The first-order chi connectivity index (χ1) is 12.3. The Morgan fingerprint density at radius 3 is 2.81 bits per heavy atom. The SMILES string of the molecule is CCOC1CCN(C(=NC)NCc2ccnc(-n3ccnc3)c2)CC1.I. The van der Waals surface area contributed by atoms with Crippen LogP contribution in [0.1, 0.15) is 25.3 Å². The minimum absolute atomic E-state index is 0. The summed E-state index contributed by atoms with van der Waals surface area (Å²) < 4.78 is 7.62. The molecule has 7 nitrogen and oxygen atoms in total. The Hall–Kier alpha value is -1.68. The fraction of sp³-hybridized carbons (Fsp3) is 0.500. The maximum Gasteiger partial charge on any atom is 0.193 e. The summed E-state index contributed by atoms with van der Waals surface area (Å²) in [5.74, 6) is 1.81. The van der Waals surface area contributed by atoms with Crippen molar-refractivity contribution in [2.24, 2.45) is 4.99 Å². The van der Waals surface area contributed by atoms with Crippen molar-refractivity contribution >= 4 is 29.9 Å². The van der Waals surface area contributed by atoms with Gasteiger partial charge < -0.3 is 15.0 Å². The van der Waals surface area contributed by atoms with Crippen molar-refractivity contribution < 1.29 is 4.74 Å². The Morgan fingerprint density at radius 2 is 2.15 bits per heavy atom. The number of rotatable bonds is 5. The molecule has 8 heteroatoms. The van der Waals surface area contributed by atoms with Crippen LogP contribution in [-0.2, 0) is 11.3 Å². The van der Waals surface area contributed by atoms with Crippen molar-refractivity contribution in [2.75, 3.05) is 26.7 Å². The van der Waals surface area contributed by atoms with Crippen LogP contribution in [-0.4, -0.2) is 58.2 Å². The predicted octanol–water partition coefficient (Wildman–Crippen LogP) is 2.46. The van der Waals surface area contributed by atoms with Gasteiger partial charge in [-0.1, -0.05) is 0 Å². The van der Waals surface area contributed by atoms with Crippen LogP contribution < -0.4 is 5.32 Å². The second-order valence-corrected chi connectivity index (χ2v) is 6.03. The van der Waals surface area contributed by atoms with Gasteiger partial charge in [0.05, 0.1) is 6.10 Å². The normalized spacial score (nSPS) is 15.6. The zero-order valence-electron chi connectivity index (χ0n) is 15.3. The van der Waals surface area contributed by atoms with Gasteiger partial charge in [0.15, 0.2) is 5.96 Å². The van der Waals surface area contributed by atoms with E-state index in [9.17, 15) is 0 Å². The molecule has 1 saturated heterocycles. The number of hydrogen-bond donors (Lipinski definition) is 1. The van der Waals surface area contributed by atoms with Crippen LogP contribution in [0.4, 0.5) is 0 Å². The molecule has 1 N–H and O–H groups in total. The van der Waals surface area contributed by atoms with Crippen molar-refractivity contribution in [3.8, 4) is 5.82 Å². The van der Waals surface area contributed by atoms with Crippen LogP contribution in [0.25, 0.3) is 5.82 Å². The van der Waals surface area contributed by atoms with Crippen LogP contribution in [0.15, 0.2) is 42.0 Å². The molecule has 0 bridgehead atoms. The van der Waals surface area contributed by atoms with E-state index >= 15 is 0 Å². The molecular weight excluding hydrogens is 443 g/mol. The maximum atomic E-state index is 5.72. The number of pyridine rings is 1. The van der Waals surface area contributed by atoms with Gasteiger partial charge in [-0.3, -0.25) is 9.56 Å². The standard InChI is InChI=1S/C18H26N6O.HI/c1-3-25-16-5-9-23(10-6-16)18(19-2)22-13-15-4-7-21-17(12-15)24-11-8-20-14-24;/h4,7-8,11-12,14,16H,3,5-6,9-10,13H2,1-2H3,(H,19,22);1H. The molecule has 2 aromatic heterocycles. The molecule has 0 atom stereocenters. The highest BCUT2D eigenvalue weighted by Crippen LogP contribution is 2.14. The van der Waals surface area contributed by atoms with Crippen LogP contribution in [0.2, 0.25) is 0 Å². The van der Waals surface area contributed by atoms with Gasteiger partial charge in [0.2, 0.25) is 0 Å². The highest BCUT2D eigenvalue weighted by atomic mass is 127. The molecule has 0 saturated carbocycles. The highest BCUT2D eigenvalue weighted by Gasteiger charge is 2.21. The van der Waals surface area contributed by atoms with Crippen molar-refractivity contribution in [3.05, 3.63) is 42.6 Å². The van der Waals surface area contributed by atoms with E-state index in [1.165, 1.54) is 0 Å². The fourth-order valence-electron chi connectivity index (χ4n) is 3.09. The lowest BCUT2D eigenvalue weighted by atomic mass is 10.1. The molecule has 1 aliphatic heterocycles. The van der Waals surface area contributed by atoms with Crippen molar-refractivity contribution in [2.45, 2.75) is 32.4 Å². The number of imidazole rings is 1. The van der Waals surface area contributed by atoms with E-state index in [1.54, 1.807) is 12.5 Å². The lowest BCUT2D eigenvalue weighted by Crippen LogP contribution is -2.46. The number of nitrogens with zero attached hydrogens (tertiary/aromatic N) is 5. The van der Waals surface area contributed by atoms with Crippen molar-refractivity contribution in [1.29, 1.82) is 0 Å². The fourth-order valence-corrected chi connectivity index (χ4v) is 3.09. The second kappa shape index (κ2) is 10.5. The zero-order valence-corrected chi connectivity index (χ0v) is 17.7. The smallest absolute Gasteiger partial charge is 0.193 e. The van der Waals surface area contributed by atoms with Gasteiger partial charge in [-0.25, -0.2) is 9.97 Å². The Balaban J connectivity index is 0.00000243. The van der Waals surface area contributed by atoms with Crippen LogP contribution in [0.5, 0.6) is 0 Å². The van der Waals surface area contributed by atoms with Gasteiger partial charge in [-0.15, -0.1) is 24.0 Å². The Morgan fingerprint density at radius 1 is 1.35 bits per heavy atom. The Labute approximate surface area is 171 Å². The van der Waals surface area contributed by atoms with Crippen LogP contribution >= 0.6 is 24.0 Å². The van der Waals surface area contributed by atoms with Crippen molar-refractivity contribution in [3.63, 3.8) is 0 Å². The average molecular weight is 470 g/mol. The third kappa shape index (κ3) is 5.41. The first-order valence-electron chi connectivity index (χ1n) is 8.80. The Bertz CT molecular complexity index is 683. The molecule has 0 amide bonds. The summed E-state index contributed by atoms with van der Waals surface area (Å²) >= 11 is 0. The molecule has 0 radical (unpaired) electrons. The lowest BCUT2D eigenvalue weighted by molar-refractivity contribution is 0.0263. The van der Waals surface area contributed by atoms with E-state index in [-0.39, 0.29) is 24.0 Å². The van der Waals surface area contributed by atoms with Crippen LogP contribution in [0, 0.1) is 0 Å². The molecule has 1 fully saturated rings. The summed E-state index contributed by atoms with van der Waals surface area (Å²) in [6.07, 6.45) is 9.70. The van der Waals surface area contributed by atoms with E-state index < -0.39 is 0 Å². The molecule has 0 aliphatic carbocycles. The summed E-state index contributed by atoms with van der Waals surface area (Å²) in [5.41, 5.74) is 1.16. The van der Waals surface area contributed by atoms with E-state index in [4.69, 9.17) is 4.74 Å². The summed E-state index contributed by atoms with van der Waals surface area (Å²) in [5, 5.41) is 3.46. The molecular formula is C18H27IN6O. The van der Waals surface area contributed by atoms with E-state index in [2.05, 4.69) is 38.2 Å². The third-order valence-electron chi connectivity index (χ3n) is 4.39. The number of guanidine groups is 1. The topological polar surface area (TPSA) is 67.6 Å². The Kier molecular flexibility index (Phi) is 8.30. The number of halogens is 1. The van der Waals surface area contributed by atoms with E-state index in [0.29, 0.717) is 12.6 Å². The highest BCUT2D eigenvalue weighted by molar-refractivity contribution is 14.0. The summed E-state index contributed by atoms with van der Waals surface area (Å²) in [6, 6.07) is 4.07. The average Bonchev–Trinajstić information content (AvgIpc) is 3.19. The number of aromatic nitrogens is 3. The predicted molar refractivity (Wildman–Crippen MR) is 113 cm³/mol. The molecule has 142 valence electrons. The second-order valence-electron chi connectivity index (χ2n) is 6.03. The summed E-state index contributed by atoms with van der Waals surface area (Å²) in [7, 11) is 1.83. The molecule has 0 spiro atoms. The van der Waals surface area contributed by atoms with Gasteiger partial charge in [-0.05, 0) is 37.5 Å². The molecule has 26 heavy (non-hydrogen) atoms. The number of hydrogen-bond acceptors (Lipinski definition) is 4. The van der Waals surface area contributed by atoms with Gasteiger partial charge in [0, 0.05) is 51.9 Å². The molecule has 0 unspecified atom stereocenters. The number of nitrogens with one attached hydrogen (secondary N) is 1. The van der Waals surface area contributed by atoms with Gasteiger partial charge in [-0.2, -0.15) is 0 Å². The first kappa shape index (κ1) is 20.6. The van der Waals surface area contributed by atoms with Gasteiger partial charge >= 0.3 is 0 Å².